The molecule has 1 N–H and O–H groups in total. The van der Waals surface area contributed by atoms with Crippen LogP contribution in [0.3, 0.4) is 0 Å². The summed E-state index contributed by atoms with van der Waals surface area (Å²) in [7, 11) is 1.61. The first kappa shape index (κ1) is 14.8. The molecule has 0 aliphatic rings. The summed E-state index contributed by atoms with van der Waals surface area (Å²) in [6.45, 7) is 0.625. The minimum atomic E-state index is -0.150. The average molecular weight is 308 g/mol. The van der Waals surface area contributed by atoms with E-state index < -0.39 is 0 Å². The number of methoxy groups -OCH3 is 1. The molecule has 1 heterocycles. The fourth-order valence-corrected chi connectivity index (χ4v) is 2.14. The Bertz CT molecular complexity index is 765. The van der Waals surface area contributed by atoms with Gasteiger partial charge in [0, 0.05) is 11.3 Å². The van der Waals surface area contributed by atoms with Crippen LogP contribution >= 0.6 is 0 Å². The topological polar surface area (TPSA) is 69.0 Å². The van der Waals surface area contributed by atoms with Gasteiger partial charge in [0.2, 0.25) is 0 Å². The Balaban J connectivity index is 1.64. The summed E-state index contributed by atoms with van der Waals surface area (Å²) in [6.07, 6.45) is 3.15. The number of aromatic nitrogens is 3. The van der Waals surface area contributed by atoms with Gasteiger partial charge in [-0.2, -0.15) is 5.10 Å². The predicted octanol–water partition coefficient (Wildman–Crippen LogP) is 2.59. The van der Waals surface area contributed by atoms with Crippen molar-refractivity contribution in [2.75, 3.05) is 12.4 Å². The van der Waals surface area contributed by atoms with Gasteiger partial charge >= 0.3 is 0 Å². The van der Waals surface area contributed by atoms with Crippen LogP contribution in [0.15, 0.2) is 61.2 Å². The van der Waals surface area contributed by atoms with Gasteiger partial charge in [0.1, 0.15) is 18.4 Å². The van der Waals surface area contributed by atoms with E-state index in [-0.39, 0.29) is 5.91 Å². The van der Waals surface area contributed by atoms with E-state index in [1.165, 1.54) is 6.33 Å². The monoisotopic (exact) mass is 308 g/mol. The quantitative estimate of drug-likeness (QED) is 0.786. The molecule has 3 rings (SSSR count). The van der Waals surface area contributed by atoms with Crippen molar-refractivity contribution < 1.29 is 9.53 Å². The van der Waals surface area contributed by atoms with Crippen LogP contribution in [0.5, 0.6) is 5.75 Å². The smallest absolute Gasteiger partial charge is 0.255 e. The number of hydrogen-bond donors (Lipinski definition) is 1. The van der Waals surface area contributed by atoms with E-state index in [0.29, 0.717) is 12.1 Å². The van der Waals surface area contributed by atoms with Crippen LogP contribution in [0.2, 0.25) is 0 Å². The molecule has 0 radical (unpaired) electrons. The van der Waals surface area contributed by atoms with Crippen LogP contribution in [0.1, 0.15) is 15.9 Å². The number of rotatable bonds is 5. The van der Waals surface area contributed by atoms with E-state index in [1.807, 2.05) is 12.1 Å². The molecule has 23 heavy (non-hydrogen) atoms. The van der Waals surface area contributed by atoms with Crippen LogP contribution in [0, 0.1) is 0 Å². The van der Waals surface area contributed by atoms with Crippen molar-refractivity contribution >= 4 is 11.6 Å². The zero-order valence-electron chi connectivity index (χ0n) is 12.6. The van der Waals surface area contributed by atoms with E-state index in [9.17, 15) is 4.79 Å². The Morgan fingerprint density at radius 1 is 1.13 bits per heavy atom. The number of amides is 1. The number of nitrogens with zero attached hydrogens (tertiary/aromatic N) is 3. The molecule has 0 unspecified atom stereocenters. The molecule has 3 aromatic rings. The third-order valence-electron chi connectivity index (χ3n) is 3.38. The highest BCUT2D eigenvalue weighted by atomic mass is 16.5. The van der Waals surface area contributed by atoms with Gasteiger partial charge in [-0.25, -0.2) is 9.67 Å². The molecule has 0 bridgehead atoms. The molecule has 116 valence electrons. The van der Waals surface area contributed by atoms with Gasteiger partial charge in [-0.05, 0) is 42.0 Å². The van der Waals surface area contributed by atoms with Crippen LogP contribution < -0.4 is 10.1 Å². The lowest BCUT2D eigenvalue weighted by Crippen LogP contribution is -2.12. The summed E-state index contributed by atoms with van der Waals surface area (Å²) in [5, 5.41) is 6.91. The Kier molecular flexibility index (Phi) is 4.33. The van der Waals surface area contributed by atoms with Crippen molar-refractivity contribution in [1.82, 2.24) is 14.8 Å². The third-order valence-corrected chi connectivity index (χ3v) is 3.38. The predicted molar refractivity (Wildman–Crippen MR) is 86.5 cm³/mol. The molecule has 0 saturated heterocycles. The highest BCUT2D eigenvalue weighted by molar-refractivity contribution is 6.04. The molecule has 6 heteroatoms. The Labute approximate surface area is 133 Å². The van der Waals surface area contributed by atoms with Gasteiger partial charge in [-0.1, -0.05) is 12.1 Å². The molecule has 0 spiro atoms. The molecule has 0 atom stereocenters. The Morgan fingerprint density at radius 2 is 1.87 bits per heavy atom. The van der Waals surface area contributed by atoms with Gasteiger partial charge in [0.25, 0.3) is 5.91 Å². The molecular formula is C17H16N4O2. The van der Waals surface area contributed by atoms with E-state index in [2.05, 4.69) is 15.4 Å². The largest absolute Gasteiger partial charge is 0.497 e. The van der Waals surface area contributed by atoms with Crippen molar-refractivity contribution in [1.29, 1.82) is 0 Å². The van der Waals surface area contributed by atoms with Crippen LogP contribution in [-0.4, -0.2) is 27.8 Å². The van der Waals surface area contributed by atoms with Crippen molar-refractivity contribution in [2.45, 2.75) is 6.54 Å². The second kappa shape index (κ2) is 6.74. The molecule has 1 aromatic heterocycles. The molecule has 0 fully saturated rings. The van der Waals surface area contributed by atoms with E-state index in [0.717, 1.165) is 17.0 Å². The Morgan fingerprint density at radius 3 is 2.48 bits per heavy atom. The first-order valence-electron chi connectivity index (χ1n) is 7.11. The summed E-state index contributed by atoms with van der Waals surface area (Å²) in [5.41, 5.74) is 2.38. The molecule has 1 amide bonds. The molecule has 0 aliphatic heterocycles. The summed E-state index contributed by atoms with van der Waals surface area (Å²) < 4.78 is 6.82. The molecule has 0 aliphatic carbocycles. The number of carbonyl (C=O) groups excluding carboxylic acids is 1. The summed E-state index contributed by atoms with van der Waals surface area (Å²) in [6, 6.07) is 14.6. The van der Waals surface area contributed by atoms with Gasteiger partial charge in [-0.15, -0.1) is 0 Å². The average Bonchev–Trinajstić information content (AvgIpc) is 3.09. The number of carbonyl (C=O) groups is 1. The van der Waals surface area contributed by atoms with Gasteiger partial charge in [0.05, 0.1) is 13.7 Å². The zero-order valence-corrected chi connectivity index (χ0v) is 12.6. The normalized spacial score (nSPS) is 10.3. The summed E-state index contributed by atoms with van der Waals surface area (Å²) >= 11 is 0. The maximum absolute atomic E-state index is 12.2. The molecule has 0 saturated carbocycles. The Hall–Kier alpha value is -3.15. The van der Waals surface area contributed by atoms with Crippen LogP contribution in [0.4, 0.5) is 5.69 Å². The maximum atomic E-state index is 12.2. The second-order valence-corrected chi connectivity index (χ2v) is 4.97. The van der Waals surface area contributed by atoms with E-state index in [4.69, 9.17) is 4.74 Å². The van der Waals surface area contributed by atoms with Crippen molar-refractivity contribution in [3.05, 3.63) is 72.3 Å². The lowest BCUT2D eigenvalue weighted by Gasteiger charge is -2.07. The SMILES string of the molecule is COc1ccc(NC(=O)c2ccc(Cn3cncn3)cc2)cc1. The fourth-order valence-electron chi connectivity index (χ4n) is 2.14. The number of benzene rings is 2. The van der Waals surface area contributed by atoms with E-state index >= 15 is 0 Å². The lowest BCUT2D eigenvalue weighted by molar-refractivity contribution is 0.102. The molecular weight excluding hydrogens is 292 g/mol. The van der Waals surface area contributed by atoms with Gasteiger partial charge < -0.3 is 10.1 Å². The number of ether oxygens (including phenoxy) is 1. The third kappa shape index (κ3) is 3.74. The maximum Gasteiger partial charge on any atom is 0.255 e. The van der Waals surface area contributed by atoms with E-state index in [1.54, 1.807) is 54.5 Å². The minimum Gasteiger partial charge on any atom is -0.497 e. The number of anilines is 1. The van der Waals surface area contributed by atoms with Gasteiger partial charge in [0.15, 0.2) is 0 Å². The molecule has 2 aromatic carbocycles. The zero-order chi connectivity index (χ0) is 16.1. The van der Waals surface area contributed by atoms with Crippen LogP contribution in [-0.2, 0) is 6.54 Å². The highest BCUT2D eigenvalue weighted by Gasteiger charge is 2.06. The van der Waals surface area contributed by atoms with Crippen LogP contribution in [0.25, 0.3) is 0 Å². The number of hydrogen-bond acceptors (Lipinski definition) is 4. The first-order chi connectivity index (χ1) is 11.2. The summed E-state index contributed by atoms with van der Waals surface area (Å²) in [5.74, 6) is 0.600. The lowest BCUT2D eigenvalue weighted by atomic mass is 10.1. The number of nitrogens with one attached hydrogen (secondary N) is 1. The fraction of sp³-hybridized carbons (Fsp3) is 0.118. The summed E-state index contributed by atoms with van der Waals surface area (Å²) in [4.78, 5) is 16.1. The van der Waals surface area contributed by atoms with Crippen molar-refractivity contribution in [3.63, 3.8) is 0 Å². The molecule has 6 nitrogen and oxygen atoms in total. The highest BCUT2D eigenvalue weighted by Crippen LogP contribution is 2.16. The first-order valence-corrected chi connectivity index (χ1v) is 7.11. The van der Waals surface area contributed by atoms with Gasteiger partial charge in [-0.3, -0.25) is 4.79 Å². The minimum absolute atomic E-state index is 0.150. The standard InChI is InChI=1S/C17H16N4O2/c1-23-16-8-6-15(7-9-16)20-17(22)14-4-2-13(3-5-14)10-21-12-18-11-19-21/h2-9,11-12H,10H2,1H3,(H,20,22). The second-order valence-electron chi connectivity index (χ2n) is 4.97. The van der Waals surface area contributed by atoms with Crippen molar-refractivity contribution in [2.24, 2.45) is 0 Å². The van der Waals surface area contributed by atoms with Crippen molar-refractivity contribution in [3.8, 4) is 5.75 Å².